The number of guanidine groups is 1. The van der Waals surface area contributed by atoms with Crippen LogP contribution in [0.2, 0.25) is 0 Å². The number of rotatable bonds is 5. The molecule has 1 aromatic heterocycles. The summed E-state index contributed by atoms with van der Waals surface area (Å²) in [4.78, 5) is 4.17. The van der Waals surface area contributed by atoms with Crippen molar-refractivity contribution in [2.45, 2.75) is 26.0 Å². The predicted octanol–water partition coefficient (Wildman–Crippen LogP) is 1.84. The van der Waals surface area contributed by atoms with Gasteiger partial charge in [-0.05, 0) is 36.2 Å². The first-order valence-electron chi connectivity index (χ1n) is 5.58. The van der Waals surface area contributed by atoms with Gasteiger partial charge in [0, 0.05) is 27.2 Å². The van der Waals surface area contributed by atoms with Crippen LogP contribution in [0, 0.1) is 0 Å². The van der Waals surface area contributed by atoms with Gasteiger partial charge in [-0.25, -0.2) is 0 Å². The summed E-state index contributed by atoms with van der Waals surface area (Å²) in [5, 5.41) is 10.7. The van der Waals surface area contributed by atoms with Crippen LogP contribution in [0.3, 0.4) is 0 Å². The Bertz CT molecular complexity index is 347. The van der Waals surface area contributed by atoms with Gasteiger partial charge in [-0.3, -0.25) is 4.99 Å². The molecule has 0 fully saturated rings. The molecule has 1 rings (SSSR count). The molecule has 1 aromatic rings. The fourth-order valence-electron chi connectivity index (χ4n) is 1.17. The number of ether oxygens (including phenoxy) is 1. The Labute approximate surface area is 107 Å². The molecule has 0 aliphatic rings. The maximum Gasteiger partial charge on any atom is 0.191 e. The monoisotopic (exact) mass is 255 g/mol. The topological polar surface area (TPSA) is 45.7 Å². The van der Waals surface area contributed by atoms with Crippen LogP contribution in [-0.4, -0.2) is 32.3 Å². The van der Waals surface area contributed by atoms with Gasteiger partial charge in [0.15, 0.2) is 5.96 Å². The molecule has 0 atom stereocenters. The van der Waals surface area contributed by atoms with Gasteiger partial charge in [-0.15, -0.1) is 0 Å². The minimum absolute atomic E-state index is 0.194. The molecule has 0 aliphatic heterocycles. The summed E-state index contributed by atoms with van der Waals surface area (Å²) in [6.07, 6.45) is 0. The van der Waals surface area contributed by atoms with E-state index in [0.29, 0.717) is 6.54 Å². The number of hydrogen-bond donors (Lipinski definition) is 2. The average Bonchev–Trinajstić information content (AvgIpc) is 2.82. The molecule has 0 amide bonds. The number of nitrogens with one attached hydrogen (secondary N) is 2. The Morgan fingerprint density at radius 1 is 1.47 bits per heavy atom. The van der Waals surface area contributed by atoms with Gasteiger partial charge in [-0.2, -0.15) is 11.3 Å². The Balaban J connectivity index is 2.35. The van der Waals surface area contributed by atoms with Gasteiger partial charge in [0.25, 0.3) is 0 Å². The van der Waals surface area contributed by atoms with Gasteiger partial charge in [0.2, 0.25) is 0 Å². The average molecular weight is 255 g/mol. The number of nitrogens with zero attached hydrogens (tertiary/aromatic N) is 1. The van der Waals surface area contributed by atoms with E-state index in [1.165, 1.54) is 5.56 Å². The standard InChI is InChI=1S/C12H21N3OS/c1-12(2,16-4)9-15-11(13-3)14-7-10-5-6-17-8-10/h5-6,8H,7,9H2,1-4H3,(H2,13,14,15). The molecule has 0 saturated heterocycles. The lowest BCUT2D eigenvalue weighted by atomic mass is 10.1. The fraction of sp³-hybridized carbons (Fsp3) is 0.583. The first-order valence-corrected chi connectivity index (χ1v) is 6.52. The van der Waals surface area contributed by atoms with Crippen molar-refractivity contribution in [3.8, 4) is 0 Å². The highest BCUT2D eigenvalue weighted by molar-refractivity contribution is 7.07. The third-order valence-corrected chi connectivity index (χ3v) is 3.23. The van der Waals surface area contributed by atoms with Gasteiger partial charge in [-0.1, -0.05) is 0 Å². The van der Waals surface area contributed by atoms with Gasteiger partial charge < -0.3 is 15.4 Å². The lowest BCUT2D eigenvalue weighted by Gasteiger charge is -2.24. The SMILES string of the molecule is CN=C(NCc1ccsc1)NCC(C)(C)OC. The molecular formula is C12H21N3OS. The van der Waals surface area contributed by atoms with Crippen LogP contribution in [0.1, 0.15) is 19.4 Å². The molecule has 2 N–H and O–H groups in total. The molecule has 0 saturated carbocycles. The summed E-state index contributed by atoms with van der Waals surface area (Å²) >= 11 is 1.70. The molecule has 1 heterocycles. The van der Waals surface area contributed by atoms with E-state index in [4.69, 9.17) is 4.74 Å². The molecule has 4 nitrogen and oxygen atoms in total. The zero-order chi connectivity index (χ0) is 12.7. The van der Waals surface area contributed by atoms with Crippen LogP contribution < -0.4 is 10.6 Å². The van der Waals surface area contributed by atoms with E-state index < -0.39 is 0 Å². The van der Waals surface area contributed by atoms with Crippen LogP contribution in [0.15, 0.2) is 21.8 Å². The normalized spacial score (nSPS) is 12.6. The van der Waals surface area contributed by atoms with Crippen LogP contribution in [0.25, 0.3) is 0 Å². The van der Waals surface area contributed by atoms with E-state index in [0.717, 1.165) is 12.5 Å². The van der Waals surface area contributed by atoms with Crippen molar-refractivity contribution >= 4 is 17.3 Å². The third-order valence-electron chi connectivity index (χ3n) is 2.50. The Hall–Kier alpha value is -1.07. The molecule has 0 unspecified atom stereocenters. The second-order valence-corrected chi connectivity index (χ2v) is 5.15. The highest BCUT2D eigenvalue weighted by Crippen LogP contribution is 2.06. The summed E-state index contributed by atoms with van der Waals surface area (Å²) in [5.74, 6) is 0.793. The van der Waals surface area contributed by atoms with Crippen molar-refractivity contribution in [3.63, 3.8) is 0 Å². The quantitative estimate of drug-likeness (QED) is 0.623. The summed E-state index contributed by atoms with van der Waals surface area (Å²) in [6.45, 7) is 5.57. The van der Waals surface area contributed by atoms with Crippen molar-refractivity contribution < 1.29 is 4.74 Å². The summed E-state index contributed by atoms with van der Waals surface area (Å²) in [7, 11) is 3.48. The van der Waals surface area contributed by atoms with Crippen molar-refractivity contribution in [2.75, 3.05) is 20.7 Å². The van der Waals surface area contributed by atoms with Gasteiger partial charge in [0.1, 0.15) is 0 Å². The summed E-state index contributed by atoms with van der Waals surface area (Å²) in [5.41, 5.74) is 1.07. The largest absolute Gasteiger partial charge is 0.377 e. The Morgan fingerprint density at radius 2 is 2.24 bits per heavy atom. The maximum absolute atomic E-state index is 5.34. The van der Waals surface area contributed by atoms with Gasteiger partial charge >= 0.3 is 0 Å². The molecule has 0 bridgehead atoms. The van der Waals surface area contributed by atoms with E-state index in [1.807, 2.05) is 13.8 Å². The zero-order valence-corrected chi connectivity index (χ0v) is 11.7. The molecule has 96 valence electrons. The smallest absolute Gasteiger partial charge is 0.191 e. The van der Waals surface area contributed by atoms with E-state index in [9.17, 15) is 0 Å². The van der Waals surface area contributed by atoms with Crippen molar-refractivity contribution in [1.82, 2.24) is 10.6 Å². The van der Waals surface area contributed by atoms with Crippen molar-refractivity contribution in [2.24, 2.45) is 4.99 Å². The minimum atomic E-state index is -0.194. The molecule has 0 aromatic carbocycles. The Morgan fingerprint density at radius 3 is 2.76 bits per heavy atom. The molecule has 0 radical (unpaired) electrons. The van der Waals surface area contributed by atoms with E-state index in [1.54, 1.807) is 25.5 Å². The van der Waals surface area contributed by atoms with Crippen LogP contribution in [0.4, 0.5) is 0 Å². The van der Waals surface area contributed by atoms with Gasteiger partial charge in [0.05, 0.1) is 5.60 Å². The Kier molecular flexibility index (Phi) is 5.44. The predicted molar refractivity (Wildman–Crippen MR) is 73.6 cm³/mol. The third kappa shape index (κ3) is 5.19. The summed E-state index contributed by atoms with van der Waals surface area (Å²) in [6, 6.07) is 2.10. The highest BCUT2D eigenvalue weighted by Gasteiger charge is 2.16. The van der Waals surface area contributed by atoms with Crippen LogP contribution in [-0.2, 0) is 11.3 Å². The maximum atomic E-state index is 5.34. The second-order valence-electron chi connectivity index (χ2n) is 4.37. The first-order chi connectivity index (χ1) is 8.07. The molecular weight excluding hydrogens is 234 g/mol. The number of thiophene rings is 1. The lowest BCUT2D eigenvalue weighted by molar-refractivity contribution is 0.0268. The zero-order valence-electron chi connectivity index (χ0n) is 10.9. The van der Waals surface area contributed by atoms with Crippen LogP contribution in [0.5, 0.6) is 0 Å². The van der Waals surface area contributed by atoms with Crippen molar-refractivity contribution in [3.05, 3.63) is 22.4 Å². The minimum Gasteiger partial charge on any atom is -0.377 e. The molecule has 0 aliphatic carbocycles. The second kappa shape index (κ2) is 6.61. The summed E-state index contributed by atoms with van der Waals surface area (Å²) < 4.78 is 5.34. The molecule has 17 heavy (non-hydrogen) atoms. The fourth-order valence-corrected chi connectivity index (χ4v) is 1.84. The number of aliphatic imine (C=N–C) groups is 1. The van der Waals surface area contributed by atoms with E-state index in [-0.39, 0.29) is 5.60 Å². The molecule has 0 spiro atoms. The first kappa shape index (κ1) is 14.0. The highest BCUT2D eigenvalue weighted by atomic mass is 32.1. The number of hydrogen-bond acceptors (Lipinski definition) is 3. The lowest BCUT2D eigenvalue weighted by Crippen LogP contribution is -2.45. The molecule has 5 heteroatoms. The van der Waals surface area contributed by atoms with Crippen molar-refractivity contribution in [1.29, 1.82) is 0 Å². The van der Waals surface area contributed by atoms with E-state index >= 15 is 0 Å². The van der Waals surface area contributed by atoms with E-state index in [2.05, 4.69) is 32.5 Å². The van der Waals surface area contributed by atoms with Crippen LogP contribution >= 0.6 is 11.3 Å². The number of methoxy groups -OCH3 is 1.